The number of hydrogen-bond acceptors (Lipinski definition) is 3. The Kier molecular flexibility index (Phi) is 5.11. The summed E-state index contributed by atoms with van der Waals surface area (Å²) in [5.41, 5.74) is 2.38. The molecule has 19 heavy (non-hydrogen) atoms. The van der Waals surface area contributed by atoms with Crippen molar-refractivity contribution in [2.24, 2.45) is 0 Å². The molecule has 0 radical (unpaired) electrons. The molecule has 1 N–H and O–H groups in total. The zero-order chi connectivity index (χ0) is 13.7. The average Bonchev–Trinajstić information content (AvgIpc) is 2.64. The smallest absolute Gasteiger partial charge is 0.179 e. The Bertz CT molecular complexity index is 471. The summed E-state index contributed by atoms with van der Waals surface area (Å²) in [6, 6.07) is 3.93. The highest BCUT2D eigenvalue weighted by Crippen LogP contribution is 2.38. The van der Waals surface area contributed by atoms with Crippen LogP contribution in [0.2, 0.25) is 5.02 Å². The number of halogens is 1. The molecule has 1 aromatic rings. The van der Waals surface area contributed by atoms with Gasteiger partial charge in [0.25, 0.3) is 0 Å². The van der Waals surface area contributed by atoms with Gasteiger partial charge in [-0.15, -0.1) is 0 Å². The van der Waals surface area contributed by atoms with Crippen LogP contribution < -0.4 is 14.8 Å². The summed E-state index contributed by atoms with van der Waals surface area (Å²) >= 11 is 6.27. The van der Waals surface area contributed by atoms with E-state index in [1.807, 2.05) is 19.2 Å². The maximum absolute atomic E-state index is 6.27. The Morgan fingerprint density at radius 1 is 1.37 bits per heavy atom. The van der Waals surface area contributed by atoms with Gasteiger partial charge in [0, 0.05) is 13.0 Å². The number of fused-ring (bicyclic) bond motifs is 1. The minimum atomic E-state index is 0.616. The van der Waals surface area contributed by atoms with E-state index in [1.54, 1.807) is 0 Å². The summed E-state index contributed by atoms with van der Waals surface area (Å²) in [7, 11) is 1.95. The topological polar surface area (TPSA) is 30.5 Å². The highest BCUT2D eigenvalue weighted by molar-refractivity contribution is 6.32. The van der Waals surface area contributed by atoms with Gasteiger partial charge in [-0.2, -0.15) is 0 Å². The van der Waals surface area contributed by atoms with Gasteiger partial charge in [0.05, 0.1) is 18.2 Å². The third-order valence-corrected chi connectivity index (χ3v) is 3.33. The molecule has 0 saturated heterocycles. The van der Waals surface area contributed by atoms with Crippen LogP contribution in [-0.4, -0.2) is 26.8 Å². The zero-order valence-electron chi connectivity index (χ0n) is 11.5. The highest BCUT2D eigenvalue weighted by atomic mass is 35.5. The van der Waals surface area contributed by atoms with Gasteiger partial charge in [-0.25, -0.2) is 0 Å². The van der Waals surface area contributed by atoms with Crippen LogP contribution in [0, 0.1) is 0 Å². The van der Waals surface area contributed by atoms with E-state index in [1.165, 1.54) is 5.57 Å². The molecule has 104 valence electrons. The van der Waals surface area contributed by atoms with Gasteiger partial charge in [-0.3, -0.25) is 0 Å². The highest BCUT2D eigenvalue weighted by Gasteiger charge is 2.15. The molecule has 1 aromatic carbocycles. The van der Waals surface area contributed by atoms with Gasteiger partial charge >= 0.3 is 0 Å². The van der Waals surface area contributed by atoms with E-state index < -0.39 is 0 Å². The molecule has 0 fully saturated rings. The van der Waals surface area contributed by atoms with Crippen LogP contribution in [0.3, 0.4) is 0 Å². The Hall–Kier alpha value is -1.19. The molecule has 0 aliphatic carbocycles. The molecule has 1 aliphatic rings. The fourth-order valence-electron chi connectivity index (χ4n) is 2.07. The standard InChI is InChI=1S/C15H20ClNO2/c1-3-11(10-17-2)7-12-8-13(16)15-14(9-12)18-5-4-6-19-15/h7-9,17H,3-6,10H2,1-2H3. The third-order valence-electron chi connectivity index (χ3n) is 3.05. The lowest BCUT2D eigenvalue weighted by Gasteiger charge is -2.11. The number of ether oxygens (including phenoxy) is 2. The van der Waals surface area contributed by atoms with Gasteiger partial charge in [-0.05, 0) is 31.2 Å². The van der Waals surface area contributed by atoms with Crippen LogP contribution in [0.15, 0.2) is 17.7 Å². The lowest BCUT2D eigenvalue weighted by Crippen LogP contribution is -2.09. The first-order chi connectivity index (χ1) is 9.24. The molecule has 1 heterocycles. The van der Waals surface area contributed by atoms with Gasteiger partial charge in [0.2, 0.25) is 0 Å². The summed E-state index contributed by atoms with van der Waals surface area (Å²) in [4.78, 5) is 0. The Labute approximate surface area is 119 Å². The number of nitrogens with one attached hydrogen (secondary N) is 1. The molecular weight excluding hydrogens is 262 g/mol. The first-order valence-electron chi connectivity index (χ1n) is 6.67. The first kappa shape index (κ1) is 14.2. The van der Waals surface area contributed by atoms with Crippen molar-refractivity contribution in [3.05, 3.63) is 28.3 Å². The lowest BCUT2D eigenvalue weighted by atomic mass is 10.1. The lowest BCUT2D eigenvalue weighted by molar-refractivity contribution is 0.297. The Morgan fingerprint density at radius 3 is 2.89 bits per heavy atom. The van der Waals surface area contributed by atoms with Gasteiger partial charge in [0.1, 0.15) is 0 Å². The monoisotopic (exact) mass is 281 g/mol. The van der Waals surface area contributed by atoms with E-state index in [-0.39, 0.29) is 0 Å². The van der Waals surface area contributed by atoms with E-state index in [4.69, 9.17) is 21.1 Å². The Morgan fingerprint density at radius 2 is 2.16 bits per heavy atom. The second-order valence-corrected chi connectivity index (χ2v) is 4.97. The second-order valence-electron chi connectivity index (χ2n) is 4.57. The van der Waals surface area contributed by atoms with Crippen LogP contribution in [0.25, 0.3) is 6.08 Å². The normalized spacial score (nSPS) is 15.2. The van der Waals surface area contributed by atoms with Crippen molar-refractivity contribution in [3.8, 4) is 11.5 Å². The molecule has 0 amide bonds. The number of hydrogen-bond donors (Lipinski definition) is 1. The van der Waals surface area contributed by atoms with Crippen molar-refractivity contribution in [2.75, 3.05) is 26.8 Å². The van der Waals surface area contributed by atoms with Gasteiger partial charge in [-0.1, -0.05) is 30.2 Å². The van der Waals surface area contributed by atoms with Crippen LogP contribution in [0.5, 0.6) is 11.5 Å². The van der Waals surface area contributed by atoms with Crippen LogP contribution >= 0.6 is 11.6 Å². The molecule has 0 aromatic heterocycles. The molecular formula is C15H20ClNO2. The minimum Gasteiger partial charge on any atom is -0.489 e. The predicted molar refractivity (Wildman–Crippen MR) is 79.3 cm³/mol. The number of benzene rings is 1. The van der Waals surface area contributed by atoms with Crippen molar-refractivity contribution in [1.29, 1.82) is 0 Å². The SMILES string of the molecule is CCC(=Cc1cc(Cl)c2c(c1)OCCCO2)CNC. The summed E-state index contributed by atoms with van der Waals surface area (Å²) in [5, 5.41) is 3.78. The fourth-order valence-corrected chi connectivity index (χ4v) is 2.35. The summed E-state index contributed by atoms with van der Waals surface area (Å²) in [6.07, 6.45) is 4.04. The molecule has 0 saturated carbocycles. The molecule has 2 rings (SSSR count). The van der Waals surface area contributed by atoms with Crippen molar-refractivity contribution in [2.45, 2.75) is 19.8 Å². The fraction of sp³-hybridized carbons (Fsp3) is 0.467. The summed E-state index contributed by atoms with van der Waals surface area (Å²) < 4.78 is 11.3. The third kappa shape index (κ3) is 3.64. The van der Waals surface area contributed by atoms with E-state index in [0.717, 1.165) is 30.7 Å². The molecule has 3 nitrogen and oxygen atoms in total. The number of likely N-dealkylation sites (N-methyl/N-ethyl adjacent to an activating group) is 1. The molecule has 0 atom stereocenters. The molecule has 1 aliphatic heterocycles. The van der Waals surface area contributed by atoms with Crippen molar-refractivity contribution < 1.29 is 9.47 Å². The predicted octanol–water partition coefficient (Wildman–Crippen LogP) is 3.51. The first-order valence-corrected chi connectivity index (χ1v) is 7.05. The quantitative estimate of drug-likeness (QED) is 0.916. The van der Waals surface area contributed by atoms with Gasteiger partial charge in [0.15, 0.2) is 11.5 Å². The van der Waals surface area contributed by atoms with Crippen molar-refractivity contribution >= 4 is 17.7 Å². The van der Waals surface area contributed by atoms with Crippen molar-refractivity contribution in [1.82, 2.24) is 5.32 Å². The van der Waals surface area contributed by atoms with Crippen LogP contribution in [0.4, 0.5) is 0 Å². The minimum absolute atomic E-state index is 0.616. The zero-order valence-corrected chi connectivity index (χ0v) is 12.2. The van der Waals surface area contributed by atoms with Crippen LogP contribution in [-0.2, 0) is 0 Å². The van der Waals surface area contributed by atoms with E-state index in [2.05, 4.69) is 18.3 Å². The molecule has 0 bridgehead atoms. The Balaban J connectivity index is 2.32. The van der Waals surface area contributed by atoms with Gasteiger partial charge < -0.3 is 14.8 Å². The van der Waals surface area contributed by atoms with Crippen LogP contribution in [0.1, 0.15) is 25.3 Å². The van der Waals surface area contributed by atoms with E-state index >= 15 is 0 Å². The number of rotatable bonds is 4. The average molecular weight is 282 g/mol. The van der Waals surface area contributed by atoms with E-state index in [9.17, 15) is 0 Å². The van der Waals surface area contributed by atoms with E-state index in [0.29, 0.717) is 24.0 Å². The maximum Gasteiger partial charge on any atom is 0.179 e. The maximum atomic E-state index is 6.27. The van der Waals surface area contributed by atoms with Crippen molar-refractivity contribution in [3.63, 3.8) is 0 Å². The summed E-state index contributed by atoms with van der Waals surface area (Å²) in [6.45, 7) is 4.35. The second kappa shape index (κ2) is 6.83. The molecule has 0 unspecified atom stereocenters. The largest absolute Gasteiger partial charge is 0.489 e. The molecule has 4 heteroatoms. The summed E-state index contributed by atoms with van der Waals surface area (Å²) in [5.74, 6) is 1.42. The molecule has 0 spiro atoms.